The van der Waals surface area contributed by atoms with Crippen molar-refractivity contribution in [1.29, 1.82) is 5.26 Å². The Morgan fingerprint density at radius 3 is 2.43 bits per heavy atom. The van der Waals surface area contributed by atoms with Gasteiger partial charge in [0.1, 0.15) is 28.9 Å². The van der Waals surface area contributed by atoms with Crippen molar-refractivity contribution in [2.45, 2.75) is 52.9 Å². The topological polar surface area (TPSA) is 113 Å². The fourth-order valence-electron chi connectivity index (χ4n) is 4.76. The standard InChI is InChI=1S/C33H35ClN2O6/c1-5-7-8-13-39-27-12-9-22(16-29(27)38-6-2)31-25-11-10-23(17-28(25)42-33(36)26(31)18-35)41-30(37)19-40-24-14-20(3)32(34)21(4)15-24/h9-12,14-17,31H,5-8,13,19,36H2,1-4H3. The summed E-state index contributed by atoms with van der Waals surface area (Å²) in [4.78, 5) is 12.6. The molecule has 1 aliphatic heterocycles. The molecule has 0 amide bonds. The van der Waals surface area contributed by atoms with Crippen molar-refractivity contribution < 1.29 is 28.5 Å². The summed E-state index contributed by atoms with van der Waals surface area (Å²) < 4.78 is 28.8. The van der Waals surface area contributed by atoms with Crippen molar-refractivity contribution in [3.63, 3.8) is 0 Å². The van der Waals surface area contributed by atoms with Crippen LogP contribution in [0, 0.1) is 25.2 Å². The second-order valence-corrected chi connectivity index (χ2v) is 10.3. The van der Waals surface area contributed by atoms with Crippen LogP contribution in [0.3, 0.4) is 0 Å². The first-order valence-electron chi connectivity index (χ1n) is 14.0. The third-order valence-corrected chi connectivity index (χ3v) is 7.39. The lowest BCUT2D eigenvalue weighted by atomic mass is 9.83. The van der Waals surface area contributed by atoms with E-state index in [-0.39, 0.29) is 23.8 Å². The number of nitrogens with zero attached hydrogens (tertiary/aromatic N) is 1. The van der Waals surface area contributed by atoms with Crippen molar-refractivity contribution in [2.24, 2.45) is 5.73 Å². The minimum absolute atomic E-state index is 0.0202. The molecule has 0 spiro atoms. The van der Waals surface area contributed by atoms with Gasteiger partial charge in [-0.1, -0.05) is 43.5 Å². The average molecular weight is 591 g/mol. The number of aryl methyl sites for hydroxylation is 2. The predicted molar refractivity (Wildman–Crippen MR) is 160 cm³/mol. The normalized spacial score (nSPS) is 14.0. The summed E-state index contributed by atoms with van der Waals surface area (Å²) in [6.45, 7) is 8.54. The zero-order valence-electron chi connectivity index (χ0n) is 24.3. The van der Waals surface area contributed by atoms with Gasteiger partial charge in [-0.25, -0.2) is 4.79 Å². The van der Waals surface area contributed by atoms with Gasteiger partial charge in [-0.05, 0) is 74.2 Å². The molecule has 0 aliphatic carbocycles. The van der Waals surface area contributed by atoms with Crippen molar-refractivity contribution >= 4 is 17.6 Å². The van der Waals surface area contributed by atoms with Crippen LogP contribution in [0.25, 0.3) is 0 Å². The monoisotopic (exact) mass is 590 g/mol. The van der Waals surface area contributed by atoms with Crippen molar-refractivity contribution in [2.75, 3.05) is 19.8 Å². The van der Waals surface area contributed by atoms with Crippen LogP contribution >= 0.6 is 11.6 Å². The van der Waals surface area contributed by atoms with Crippen LogP contribution < -0.4 is 29.4 Å². The fraction of sp³-hybridized carbons (Fsp3) is 0.333. The van der Waals surface area contributed by atoms with E-state index in [2.05, 4.69) is 13.0 Å². The number of allylic oxidation sites excluding steroid dienone is 1. The minimum Gasteiger partial charge on any atom is -0.490 e. The number of benzene rings is 3. The molecule has 0 bridgehead atoms. The molecule has 0 radical (unpaired) electrons. The highest BCUT2D eigenvalue weighted by atomic mass is 35.5. The second kappa shape index (κ2) is 14.0. The van der Waals surface area contributed by atoms with Gasteiger partial charge in [0.2, 0.25) is 5.88 Å². The number of hydrogen-bond donors (Lipinski definition) is 1. The molecule has 1 atom stereocenters. The average Bonchev–Trinajstić information content (AvgIpc) is 2.97. The van der Waals surface area contributed by atoms with Crippen LogP contribution in [-0.4, -0.2) is 25.8 Å². The Balaban J connectivity index is 1.55. The van der Waals surface area contributed by atoms with Crippen LogP contribution in [0.4, 0.5) is 0 Å². The number of nitriles is 1. The highest BCUT2D eigenvalue weighted by Crippen LogP contribution is 2.45. The number of ether oxygens (including phenoxy) is 5. The van der Waals surface area contributed by atoms with Gasteiger partial charge >= 0.3 is 5.97 Å². The molecule has 8 nitrogen and oxygen atoms in total. The first-order chi connectivity index (χ1) is 20.2. The third-order valence-electron chi connectivity index (χ3n) is 6.80. The molecule has 9 heteroatoms. The maximum absolute atomic E-state index is 12.6. The minimum atomic E-state index is -0.593. The predicted octanol–water partition coefficient (Wildman–Crippen LogP) is 7.13. The van der Waals surface area contributed by atoms with Crippen molar-refractivity contribution in [3.8, 4) is 34.8 Å². The number of unbranched alkanes of at least 4 members (excludes halogenated alkanes) is 2. The summed E-state index contributed by atoms with van der Waals surface area (Å²) in [5.41, 5.74) is 9.66. The van der Waals surface area contributed by atoms with Crippen LogP contribution in [0.5, 0.6) is 28.7 Å². The van der Waals surface area contributed by atoms with Gasteiger partial charge < -0.3 is 29.4 Å². The van der Waals surface area contributed by atoms with Crippen LogP contribution in [0.2, 0.25) is 5.02 Å². The van der Waals surface area contributed by atoms with Gasteiger partial charge in [0.15, 0.2) is 18.1 Å². The van der Waals surface area contributed by atoms with E-state index in [4.69, 9.17) is 41.0 Å². The summed E-state index contributed by atoms with van der Waals surface area (Å²) in [6.07, 6.45) is 3.14. The SMILES string of the molecule is CCCCCOc1ccc(C2C(C#N)=C(N)Oc3cc(OC(=O)COc4cc(C)c(Cl)c(C)c4)ccc32)cc1OCC. The number of carbonyl (C=O) groups excluding carboxylic acids is 1. The molecular weight excluding hydrogens is 556 g/mol. The molecule has 0 aromatic heterocycles. The maximum Gasteiger partial charge on any atom is 0.349 e. The number of carbonyl (C=O) groups is 1. The zero-order chi connectivity index (χ0) is 30.2. The molecule has 0 fully saturated rings. The van der Waals surface area contributed by atoms with E-state index in [1.165, 1.54) is 0 Å². The van der Waals surface area contributed by atoms with Crippen LogP contribution in [0.1, 0.15) is 61.3 Å². The second-order valence-electron chi connectivity index (χ2n) is 9.95. The molecular formula is C33H35ClN2O6. The Labute approximate surface area is 251 Å². The molecule has 1 aliphatic rings. The van der Waals surface area contributed by atoms with Gasteiger partial charge in [-0.3, -0.25) is 0 Å². The number of halogens is 1. The Morgan fingerprint density at radius 2 is 1.74 bits per heavy atom. The quantitative estimate of drug-likeness (QED) is 0.135. The Bertz CT molecular complexity index is 1500. The fourth-order valence-corrected chi connectivity index (χ4v) is 4.87. The molecule has 42 heavy (non-hydrogen) atoms. The van der Waals surface area contributed by atoms with E-state index in [1.54, 1.807) is 30.3 Å². The van der Waals surface area contributed by atoms with E-state index in [0.29, 0.717) is 46.8 Å². The number of esters is 1. The molecule has 2 N–H and O–H groups in total. The lowest BCUT2D eigenvalue weighted by Crippen LogP contribution is -2.22. The molecule has 3 aromatic carbocycles. The molecule has 1 unspecified atom stereocenters. The van der Waals surface area contributed by atoms with E-state index >= 15 is 0 Å². The summed E-state index contributed by atoms with van der Waals surface area (Å²) in [5, 5.41) is 10.6. The third kappa shape index (κ3) is 7.10. The smallest absolute Gasteiger partial charge is 0.349 e. The van der Waals surface area contributed by atoms with Crippen LogP contribution in [-0.2, 0) is 4.79 Å². The highest BCUT2D eigenvalue weighted by Gasteiger charge is 2.32. The van der Waals surface area contributed by atoms with Gasteiger partial charge in [0.05, 0.1) is 19.1 Å². The van der Waals surface area contributed by atoms with E-state index in [9.17, 15) is 10.1 Å². The lowest BCUT2D eigenvalue weighted by Gasteiger charge is -2.27. The molecule has 1 heterocycles. The first kappa shape index (κ1) is 30.6. The molecule has 0 saturated carbocycles. The van der Waals surface area contributed by atoms with Crippen LogP contribution in [0.15, 0.2) is 60.0 Å². The Hall–Kier alpha value is -4.35. The maximum atomic E-state index is 12.6. The van der Waals surface area contributed by atoms with Crippen molar-refractivity contribution in [3.05, 3.63) is 87.3 Å². The summed E-state index contributed by atoms with van der Waals surface area (Å²) in [5.74, 6) is 1.26. The number of fused-ring (bicyclic) bond motifs is 1. The molecule has 0 saturated heterocycles. The number of hydrogen-bond acceptors (Lipinski definition) is 8. The van der Waals surface area contributed by atoms with E-state index in [0.717, 1.165) is 36.0 Å². The Morgan fingerprint density at radius 1 is 0.976 bits per heavy atom. The first-order valence-corrected chi connectivity index (χ1v) is 14.3. The summed E-state index contributed by atoms with van der Waals surface area (Å²) in [6, 6.07) is 16.3. The number of rotatable bonds is 12. The molecule has 220 valence electrons. The summed E-state index contributed by atoms with van der Waals surface area (Å²) >= 11 is 6.21. The van der Waals surface area contributed by atoms with E-state index < -0.39 is 11.9 Å². The van der Waals surface area contributed by atoms with Gasteiger partial charge in [0, 0.05) is 16.7 Å². The van der Waals surface area contributed by atoms with E-state index in [1.807, 2.05) is 39.0 Å². The number of nitrogens with two attached hydrogens (primary N) is 1. The Kier molecular flexibility index (Phi) is 10.2. The highest BCUT2D eigenvalue weighted by molar-refractivity contribution is 6.32. The lowest BCUT2D eigenvalue weighted by molar-refractivity contribution is -0.136. The zero-order valence-corrected chi connectivity index (χ0v) is 25.0. The molecule has 4 rings (SSSR count). The largest absolute Gasteiger partial charge is 0.490 e. The van der Waals surface area contributed by atoms with Gasteiger partial charge in [0.25, 0.3) is 0 Å². The van der Waals surface area contributed by atoms with Crippen molar-refractivity contribution in [1.82, 2.24) is 0 Å². The van der Waals surface area contributed by atoms with Gasteiger partial charge in [-0.2, -0.15) is 5.26 Å². The molecule has 3 aromatic rings. The van der Waals surface area contributed by atoms with Gasteiger partial charge in [-0.15, -0.1) is 0 Å². The summed E-state index contributed by atoms with van der Waals surface area (Å²) in [7, 11) is 0.